The summed E-state index contributed by atoms with van der Waals surface area (Å²) < 4.78 is 17.0. The van der Waals surface area contributed by atoms with E-state index in [0.29, 0.717) is 17.9 Å². The monoisotopic (exact) mass is 330 g/mol. The number of nitrogens with zero attached hydrogens (tertiary/aromatic N) is 6. The van der Waals surface area contributed by atoms with Gasteiger partial charge in [-0.15, -0.1) is 10.2 Å². The third-order valence-corrected chi connectivity index (χ3v) is 5.14. The second-order valence-electron chi connectivity index (χ2n) is 6.60. The highest BCUT2D eigenvalue weighted by molar-refractivity contribution is 5.44. The lowest BCUT2D eigenvalue weighted by atomic mass is 10.2. The van der Waals surface area contributed by atoms with Crippen LogP contribution >= 0.6 is 0 Å². The zero-order valence-electron chi connectivity index (χ0n) is 14.1. The third kappa shape index (κ3) is 2.56. The minimum absolute atomic E-state index is 0.0541. The molecule has 4 heterocycles. The third-order valence-electron chi connectivity index (χ3n) is 5.14. The number of halogens is 1. The summed E-state index contributed by atoms with van der Waals surface area (Å²) in [4.78, 5) is 10.3. The fourth-order valence-corrected chi connectivity index (χ4v) is 3.89. The first-order chi connectivity index (χ1) is 11.8. The summed E-state index contributed by atoms with van der Waals surface area (Å²) in [5, 5.41) is 8.88. The number of hydrogen-bond acceptors (Lipinski definition) is 5. The number of aryl methyl sites for hydroxylation is 2. The van der Waals surface area contributed by atoms with Crippen molar-refractivity contribution in [1.82, 2.24) is 24.7 Å². The van der Waals surface area contributed by atoms with E-state index in [2.05, 4.69) is 29.6 Å². The molecule has 24 heavy (non-hydrogen) atoms. The molecule has 6 nitrogen and oxygen atoms in total. The summed E-state index contributed by atoms with van der Waals surface area (Å²) in [5.74, 6) is 2.17. The van der Waals surface area contributed by atoms with Gasteiger partial charge in [0.2, 0.25) is 0 Å². The van der Waals surface area contributed by atoms with Crippen molar-refractivity contribution in [2.24, 2.45) is 0 Å². The number of hydrogen-bond donors (Lipinski definition) is 0. The fraction of sp³-hybridized carbons (Fsp3) is 0.647. The SMILES string of the molecule is CCc1ncnc(N2CCCC2c2nnc3n2CCCCC3)c1F. The molecule has 0 spiro atoms. The van der Waals surface area contributed by atoms with E-state index >= 15 is 0 Å². The molecule has 2 aliphatic heterocycles. The van der Waals surface area contributed by atoms with Gasteiger partial charge in [-0.2, -0.15) is 0 Å². The maximum atomic E-state index is 14.7. The lowest BCUT2D eigenvalue weighted by Crippen LogP contribution is -2.28. The van der Waals surface area contributed by atoms with E-state index < -0.39 is 0 Å². The van der Waals surface area contributed by atoms with Crippen molar-refractivity contribution < 1.29 is 4.39 Å². The number of anilines is 1. The normalized spacial score (nSPS) is 20.9. The Labute approximate surface area is 141 Å². The molecule has 7 heteroatoms. The Balaban J connectivity index is 1.70. The predicted octanol–water partition coefficient (Wildman–Crippen LogP) is 2.84. The number of fused-ring (bicyclic) bond motifs is 1. The van der Waals surface area contributed by atoms with Gasteiger partial charge in [-0.3, -0.25) is 0 Å². The molecule has 0 amide bonds. The molecule has 4 rings (SSSR count). The molecule has 1 unspecified atom stereocenters. The Bertz CT molecular complexity index is 728. The lowest BCUT2D eigenvalue weighted by Gasteiger charge is -2.26. The maximum absolute atomic E-state index is 14.7. The van der Waals surface area contributed by atoms with Gasteiger partial charge in [0.1, 0.15) is 12.2 Å². The second-order valence-corrected chi connectivity index (χ2v) is 6.60. The maximum Gasteiger partial charge on any atom is 0.187 e. The molecular formula is C17H23FN6. The van der Waals surface area contributed by atoms with Gasteiger partial charge in [-0.1, -0.05) is 13.3 Å². The Hall–Kier alpha value is -2.05. The molecule has 1 atom stereocenters. The van der Waals surface area contributed by atoms with Crippen molar-refractivity contribution in [2.45, 2.75) is 64.5 Å². The second kappa shape index (κ2) is 6.45. The number of rotatable bonds is 3. The smallest absolute Gasteiger partial charge is 0.187 e. The molecule has 1 fully saturated rings. The molecule has 2 aromatic rings. The van der Waals surface area contributed by atoms with Crippen LogP contribution in [0.5, 0.6) is 0 Å². The van der Waals surface area contributed by atoms with Crippen LogP contribution in [0.3, 0.4) is 0 Å². The first kappa shape index (κ1) is 15.5. The lowest BCUT2D eigenvalue weighted by molar-refractivity contribution is 0.542. The average molecular weight is 330 g/mol. The summed E-state index contributed by atoms with van der Waals surface area (Å²) in [6.07, 6.45) is 8.57. The quantitative estimate of drug-likeness (QED) is 0.866. The summed E-state index contributed by atoms with van der Waals surface area (Å²) >= 11 is 0. The van der Waals surface area contributed by atoms with Crippen molar-refractivity contribution in [3.05, 3.63) is 29.5 Å². The minimum Gasteiger partial charge on any atom is -0.344 e. The van der Waals surface area contributed by atoms with Crippen molar-refractivity contribution >= 4 is 5.82 Å². The van der Waals surface area contributed by atoms with Crippen LogP contribution in [-0.4, -0.2) is 31.3 Å². The molecule has 0 aliphatic carbocycles. The Morgan fingerprint density at radius 2 is 2.04 bits per heavy atom. The fourth-order valence-electron chi connectivity index (χ4n) is 3.89. The highest BCUT2D eigenvalue weighted by Crippen LogP contribution is 2.36. The molecule has 0 N–H and O–H groups in total. The highest BCUT2D eigenvalue weighted by atomic mass is 19.1. The van der Waals surface area contributed by atoms with E-state index in [-0.39, 0.29) is 11.9 Å². The van der Waals surface area contributed by atoms with E-state index in [1.807, 2.05) is 6.92 Å². The Morgan fingerprint density at radius 3 is 2.92 bits per heavy atom. The standard InChI is InChI=1S/C17H23FN6/c1-2-12-15(18)17(20-11-19-12)23-10-6-7-13(23)16-22-21-14-8-4-3-5-9-24(14)16/h11,13H,2-10H2,1H3. The molecule has 2 aliphatic rings. The van der Waals surface area contributed by atoms with Crippen LogP contribution in [0, 0.1) is 5.82 Å². The van der Waals surface area contributed by atoms with Gasteiger partial charge in [0.05, 0.1) is 11.7 Å². The molecule has 0 radical (unpaired) electrons. The van der Waals surface area contributed by atoms with Crippen LogP contribution in [0.25, 0.3) is 0 Å². The van der Waals surface area contributed by atoms with Crippen LogP contribution in [0.4, 0.5) is 10.2 Å². The van der Waals surface area contributed by atoms with Crippen LogP contribution < -0.4 is 4.90 Å². The molecular weight excluding hydrogens is 307 g/mol. The van der Waals surface area contributed by atoms with E-state index in [1.165, 1.54) is 19.2 Å². The van der Waals surface area contributed by atoms with Crippen LogP contribution in [-0.2, 0) is 19.4 Å². The average Bonchev–Trinajstić information content (AvgIpc) is 3.16. The molecule has 1 saturated heterocycles. The first-order valence-corrected chi connectivity index (χ1v) is 8.97. The summed E-state index contributed by atoms with van der Waals surface area (Å²) in [6, 6.07) is 0.0541. The van der Waals surface area contributed by atoms with E-state index in [0.717, 1.165) is 50.4 Å². The van der Waals surface area contributed by atoms with Crippen LogP contribution in [0.2, 0.25) is 0 Å². The van der Waals surface area contributed by atoms with Gasteiger partial charge >= 0.3 is 0 Å². The molecule has 0 aromatic carbocycles. The molecule has 0 bridgehead atoms. The zero-order chi connectivity index (χ0) is 16.5. The van der Waals surface area contributed by atoms with E-state index in [4.69, 9.17) is 0 Å². The van der Waals surface area contributed by atoms with Gasteiger partial charge in [0, 0.05) is 19.5 Å². The van der Waals surface area contributed by atoms with Crippen molar-refractivity contribution in [1.29, 1.82) is 0 Å². The molecule has 0 saturated carbocycles. The van der Waals surface area contributed by atoms with Gasteiger partial charge in [-0.05, 0) is 32.1 Å². The first-order valence-electron chi connectivity index (χ1n) is 8.97. The van der Waals surface area contributed by atoms with Crippen molar-refractivity contribution in [3.63, 3.8) is 0 Å². The van der Waals surface area contributed by atoms with Crippen LogP contribution in [0.1, 0.15) is 62.4 Å². The van der Waals surface area contributed by atoms with Crippen molar-refractivity contribution in [3.8, 4) is 0 Å². The predicted molar refractivity (Wildman–Crippen MR) is 88.3 cm³/mol. The van der Waals surface area contributed by atoms with Gasteiger partial charge in [0.25, 0.3) is 0 Å². The summed E-state index contributed by atoms with van der Waals surface area (Å²) in [7, 11) is 0. The molecule has 128 valence electrons. The van der Waals surface area contributed by atoms with Crippen molar-refractivity contribution in [2.75, 3.05) is 11.4 Å². The van der Waals surface area contributed by atoms with Gasteiger partial charge in [-0.25, -0.2) is 14.4 Å². The summed E-state index contributed by atoms with van der Waals surface area (Å²) in [5.41, 5.74) is 0.478. The Kier molecular flexibility index (Phi) is 4.16. The van der Waals surface area contributed by atoms with Crippen LogP contribution in [0.15, 0.2) is 6.33 Å². The minimum atomic E-state index is -0.289. The number of aromatic nitrogens is 5. The summed E-state index contributed by atoms with van der Waals surface area (Å²) in [6.45, 7) is 3.67. The van der Waals surface area contributed by atoms with Gasteiger partial charge < -0.3 is 9.47 Å². The topological polar surface area (TPSA) is 59.7 Å². The van der Waals surface area contributed by atoms with Gasteiger partial charge in [0.15, 0.2) is 17.5 Å². The van der Waals surface area contributed by atoms with E-state index in [1.54, 1.807) is 0 Å². The zero-order valence-corrected chi connectivity index (χ0v) is 14.1. The highest BCUT2D eigenvalue weighted by Gasteiger charge is 2.34. The molecule has 2 aromatic heterocycles. The Morgan fingerprint density at radius 1 is 1.12 bits per heavy atom. The van der Waals surface area contributed by atoms with E-state index in [9.17, 15) is 4.39 Å². The largest absolute Gasteiger partial charge is 0.344 e.